The lowest BCUT2D eigenvalue weighted by Crippen LogP contribution is -2.22. The van der Waals surface area contributed by atoms with Crippen LogP contribution >= 0.6 is 15.9 Å². The minimum atomic E-state index is -4.53. The third-order valence-corrected chi connectivity index (χ3v) is 7.57. The summed E-state index contributed by atoms with van der Waals surface area (Å²) in [6, 6.07) is 4.75. The Morgan fingerprint density at radius 2 is 1.70 bits per heavy atom. The zero-order chi connectivity index (χ0) is 20.6. The van der Waals surface area contributed by atoms with E-state index < -0.39 is 36.6 Å². The van der Waals surface area contributed by atoms with Crippen LogP contribution in [0.5, 0.6) is 5.75 Å². The maximum absolute atomic E-state index is 14.0. The van der Waals surface area contributed by atoms with Gasteiger partial charge in [-0.05, 0) is 40.2 Å². The molecule has 0 fully saturated rings. The first kappa shape index (κ1) is 21.5. The molecule has 2 rings (SSSR count). The molecular weight excluding hydrogens is 470 g/mol. The van der Waals surface area contributed by atoms with E-state index in [4.69, 9.17) is 4.74 Å². The molecule has 27 heavy (non-hydrogen) atoms. The molecular formula is C15H15BrF2N2O5S2. The van der Waals surface area contributed by atoms with Crippen molar-refractivity contribution in [1.29, 1.82) is 0 Å². The Kier molecular flexibility index (Phi) is 6.14. The van der Waals surface area contributed by atoms with E-state index in [1.165, 1.54) is 33.3 Å². The van der Waals surface area contributed by atoms with Crippen LogP contribution < -0.4 is 9.46 Å². The fraction of sp³-hybridized carbons (Fsp3) is 0.200. The Balaban J connectivity index is 2.59. The predicted octanol–water partition coefficient (Wildman–Crippen LogP) is 2.79. The first-order chi connectivity index (χ1) is 12.4. The Bertz CT molecular complexity index is 1070. The van der Waals surface area contributed by atoms with Crippen molar-refractivity contribution in [1.82, 2.24) is 4.31 Å². The number of benzene rings is 2. The predicted molar refractivity (Wildman–Crippen MR) is 98.7 cm³/mol. The summed E-state index contributed by atoms with van der Waals surface area (Å²) in [5, 5.41) is 0. The van der Waals surface area contributed by atoms with E-state index in [0.717, 1.165) is 16.4 Å². The quantitative estimate of drug-likeness (QED) is 0.680. The van der Waals surface area contributed by atoms with Gasteiger partial charge < -0.3 is 4.74 Å². The van der Waals surface area contributed by atoms with E-state index in [2.05, 4.69) is 20.7 Å². The van der Waals surface area contributed by atoms with Gasteiger partial charge in [0.2, 0.25) is 10.0 Å². The summed E-state index contributed by atoms with van der Waals surface area (Å²) < 4.78 is 84.7. The largest absolute Gasteiger partial charge is 0.495 e. The topological polar surface area (TPSA) is 92.8 Å². The summed E-state index contributed by atoms with van der Waals surface area (Å²) >= 11 is 2.82. The number of ether oxygens (including phenoxy) is 1. The fourth-order valence-electron chi connectivity index (χ4n) is 2.12. The highest BCUT2D eigenvalue weighted by Gasteiger charge is 2.26. The molecule has 0 saturated carbocycles. The Hall–Kier alpha value is -1.76. The number of rotatable bonds is 6. The minimum absolute atomic E-state index is 0.00919. The molecule has 0 atom stereocenters. The van der Waals surface area contributed by atoms with Crippen LogP contribution in [0.15, 0.2) is 44.6 Å². The van der Waals surface area contributed by atoms with Crippen molar-refractivity contribution in [3.8, 4) is 5.75 Å². The summed E-state index contributed by atoms with van der Waals surface area (Å²) in [5.41, 5.74) is -0.226. The van der Waals surface area contributed by atoms with Crippen molar-refractivity contribution in [3.05, 3.63) is 46.4 Å². The standard InChI is InChI=1S/C15H15BrF2N2O5S2/c1-20(2)27(23,24)10-4-5-14(25-3)13(8-10)19-26(21,22)15-11(16)6-9(17)7-12(15)18/h4-8,19H,1-3H3. The van der Waals surface area contributed by atoms with Crippen molar-refractivity contribution in [3.63, 3.8) is 0 Å². The molecule has 0 bridgehead atoms. The smallest absolute Gasteiger partial charge is 0.266 e. The summed E-state index contributed by atoms with van der Waals surface area (Å²) in [4.78, 5) is -1.03. The van der Waals surface area contributed by atoms with Gasteiger partial charge in [-0.15, -0.1) is 0 Å². The maximum Gasteiger partial charge on any atom is 0.266 e. The number of sulfonamides is 2. The van der Waals surface area contributed by atoms with Crippen LogP contribution in [0.25, 0.3) is 0 Å². The molecule has 2 aromatic rings. The Labute approximate surface area is 164 Å². The van der Waals surface area contributed by atoms with E-state index >= 15 is 0 Å². The molecule has 0 saturated heterocycles. The number of hydrogen-bond donors (Lipinski definition) is 1. The average Bonchev–Trinajstić information content (AvgIpc) is 2.52. The van der Waals surface area contributed by atoms with Crippen molar-refractivity contribution in [2.45, 2.75) is 9.79 Å². The highest BCUT2D eigenvalue weighted by atomic mass is 79.9. The zero-order valence-corrected chi connectivity index (χ0v) is 17.5. The third-order valence-electron chi connectivity index (χ3n) is 3.43. The second-order valence-electron chi connectivity index (χ2n) is 5.45. The van der Waals surface area contributed by atoms with Gasteiger partial charge in [0, 0.05) is 24.6 Å². The molecule has 2 aromatic carbocycles. The molecule has 0 aliphatic heterocycles. The van der Waals surface area contributed by atoms with Gasteiger partial charge in [0.1, 0.15) is 22.3 Å². The summed E-state index contributed by atoms with van der Waals surface area (Å²) in [5.74, 6) is -2.27. The van der Waals surface area contributed by atoms with Crippen molar-refractivity contribution in [2.75, 3.05) is 25.9 Å². The highest BCUT2D eigenvalue weighted by molar-refractivity contribution is 9.10. The average molecular weight is 485 g/mol. The minimum Gasteiger partial charge on any atom is -0.495 e. The number of anilines is 1. The van der Waals surface area contributed by atoms with Gasteiger partial charge in [-0.2, -0.15) is 0 Å². The molecule has 0 aliphatic carbocycles. The molecule has 0 spiro atoms. The summed E-state index contributed by atoms with van der Waals surface area (Å²) in [7, 11) is -4.51. The number of halogens is 3. The first-order valence-electron chi connectivity index (χ1n) is 7.18. The lowest BCUT2D eigenvalue weighted by Gasteiger charge is -2.16. The third kappa shape index (κ3) is 4.39. The van der Waals surface area contributed by atoms with Gasteiger partial charge in [0.05, 0.1) is 17.7 Å². The molecule has 148 valence electrons. The maximum atomic E-state index is 14.0. The second kappa shape index (κ2) is 7.70. The van der Waals surface area contributed by atoms with Crippen LogP contribution in [0.1, 0.15) is 0 Å². The highest BCUT2D eigenvalue weighted by Crippen LogP contribution is 2.33. The van der Waals surface area contributed by atoms with Crippen LogP contribution in [0.2, 0.25) is 0 Å². The van der Waals surface area contributed by atoms with Gasteiger partial charge in [0.25, 0.3) is 10.0 Å². The number of nitrogens with one attached hydrogen (secondary N) is 1. The van der Waals surface area contributed by atoms with Crippen LogP contribution in [0, 0.1) is 11.6 Å². The van der Waals surface area contributed by atoms with E-state index in [0.29, 0.717) is 6.07 Å². The molecule has 0 aliphatic rings. The van der Waals surface area contributed by atoms with E-state index in [1.807, 2.05) is 0 Å². The van der Waals surface area contributed by atoms with Gasteiger partial charge in [-0.3, -0.25) is 4.72 Å². The molecule has 1 N–H and O–H groups in total. The van der Waals surface area contributed by atoms with E-state index in [1.54, 1.807) is 0 Å². The molecule has 0 aromatic heterocycles. The fourth-order valence-corrected chi connectivity index (χ4v) is 5.28. The van der Waals surface area contributed by atoms with Crippen LogP contribution in [0.3, 0.4) is 0 Å². The van der Waals surface area contributed by atoms with Gasteiger partial charge in [-0.25, -0.2) is 29.9 Å². The molecule has 0 amide bonds. The van der Waals surface area contributed by atoms with Gasteiger partial charge in [0.15, 0.2) is 0 Å². The van der Waals surface area contributed by atoms with Crippen molar-refractivity contribution in [2.24, 2.45) is 0 Å². The van der Waals surface area contributed by atoms with Gasteiger partial charge in [-0.1, -0.05) is 0 Å². The Morgan fingerprint density at radius 1 is 1.07 bits per heavy atom. The number of nitrogens with zero attached hydrogens (tertiary/aromatic N) is 1. The second-order valence-corrected chi connectivity index (χ2v) is 10.1. The van der Waals surface area contributed by atoms with E-state index in [9.17, 15) is 25.6 Å². The molecule has 0 unspecified atom stereocenters. The molecule has 0 radical (unpaired) electrons. The summed E-state index contributed by atoms with van der Waals surface area (Å²) in [6.45, 7) is 0. The van der Waals surface area contributed by atoms with E-state index in [-0.39, 0.29) is 20.8 Å². The van der Waals surface area contributed by atoms with Crippen LogP contribution in [0.4, 0.5) is 14.5 Å². The zero-order valence-electron chi connectivity index (χ0n) is 14.3. The van der Waals surface area contributed by atoms with Crippen molar-refractivity contribution < 1.29 is 30.4 Å². The van der Waals surface area contributed by atoms with Crippen LogP contribution in [-0.2, 0) is 20.0 Å². The number of methoxy groups -OCH3 is 1. The summed E-state index contributed by atoms with van der Waals surface area (Å²) in [6.07, 6.45) is 0. The first-order valence-corrected chi connectivity index (χ1v) is 10.9. The molecule has 7 nitrogen and oxygen atoms in total. The number of hydrogen-bond acceptors (Lipinski definition) is 5. The molecule has 12 heteroatoms. The monoisotopic (exact) mass is 484 g/mol. The molecule has 0 heterocycles. The van der Waals surface area contributed by atoms with Crippen molar-refractivity contribution >= 4 is 41.7 Å². The van der Waals surface area contributed by atoms with Gasteiger partial charge >= 0.3 is 0 Å². The SMILES string of the molecule is COc1ccc(S(=O)(=O)N(C)C)cc1NS(=O)(=O)c1c(F)cc(F)cc1Br. The lowest BCUT2D eigenvalue weighted by atomic mass is 10.3. The van der Waals surface area contributed by atoms with Crippen LogP contribution in [-0.4, -0.2) is 42.3 Å². The normalized spacial score (nSPS) is 12.3. The Morgan fingerprint density at radius 3 is 2.22 bits per heavy atom. The lowest BCUT2D eigenvalue weighted by molar-refractivity contribution is 0.416.